The van der Waals surface area contributed by atoms with Crippen LogP contribution < -0.4 is 0 Å². The average molecular weight is 297 g/mol. The van der Waals surface area contributed by atoms with Crippen molar-refractivity contribution in [1.82, 2.24) is 4.98 Å². The molecule has 0 aliphatic carbocycles. The van der Waals surface area contributed by atoms with E-state index in [2.05, 4.69) is 18.1 Å². The number of Topliss-reactive ketones (excluding diaryl/α,β-unsaturated/α-hetero) is 1. The first-order valence-electron chi connectivity index (χ1n) is 6.29. The fourth-order valence-electron chi connectivity index (χ4n) is 1.15. The molecule has 0 radical (unpaired) electrons. The lowest BCUT2D eigenvalue weighted by atomic mass is 10.1. The monoisotopic (exact) mass is 297 g/mol. The van der Waals surface area contributed by atoms with E-state index in [4.69, 9.17) is 12.2 Å². The molecule has 0 aliphatic heterocycles. The molecule has 0 aliphatic rings. The van der Waals surface area contributed by atoms with Crippen molar-refractivity contribution < 1.29 is 4.79 Å². The zero-order valence-electron chi connectivity index (χ0n) is 12.4. The minimum absolute atomic E-state index is 0.0109. The lowest BCUT2D eigenvalue weighted by molar-refractivity contribution is -0.111. The second-order valence-electron chi connectivity index (χ2n) is 2.83. The van der Waals surface area contributed by atoms with Gasteiger partial charge in [-0.05, 0) is 25.2 Å². The summed E-state index contributed by atoms with van der Waals surface area (Å²) in [7, 11) is 0. The minimum Gasteiger partial charge on any atom is -0.337 e. The molecule has 0 saturated carbocycles. The predicted molar refractivity (Wildman–Crippen MR) is 91.1 cm³/mol. The van der Waals surface area contributed by atoms with Gasteiger partial charge in [0.25, 0.3) is 0 Å². The topological polar surface area (TPSA) is 32.9 Å². The van der Waals surface area contributed by atoms with E-state index in [1.165, 1.54) is 18.3 Å². The number of allylic oxidation sites excluding steroid dienone is 3. The number of aromatic amines is 1. The van der Waals surface area contributed by atoms with Gasteiger partial charge in [-0.2, -0.15) is 0 Å². The Morgan fingerprint density at radius 2 is 1.79 bits per heavy atom. The van der Waals surface area contributed by atoms with Crippen molar-refractivity contribution in [3.8, 4) is 0 Å². The standard InChI is InChI=1S/C11H11NOS2.2C2H6/c1-4-6-8(7(3)13)10-9(5-2)12-11(14)15-10;2*1-2/h4-6H,1-2H2,3H3,(H,12,14);2*1-2H3/b8-6-;;. The van der Waals surface area contributed by atoms with Crippen molar-refractivity contribution in [1.29, 1.82) is 0 Å². The van der Waals surface area contributed by atoms with Gasteiger partial charge in [0.2, 0.25) is 0 Å². The van der Waals surface area contributed by atoms with E-state index in [0.717, 1.165) is 10.6 Å². The fourth-order valence-corrected chi connectivity index (χ4v) is 2.43. The van der Waals surface area contributed by atoms with Crippen LogP contribution in [-0.2, 0) is 4.79 Å². The molecular weight excluding hydrogens is 274 g/mol. The van der Waals surface area contributed by atoms with Crippen molar-refractivity contribution in [3.05, 3.63) is 39.8 Å². The van der Waals surface area contributed by atoms with Crippen LogP contribution in [-0.4, -0.2) is 10.8 Å². The van der Waals surface area contributed by atoms with Crippen molar-refractivity contribution in [3.63, 3.8) is 0 Å². The van der Waals surface area contributed by atoms with E-state index in [1.807, 2.05) is 27.7 Å². The number of hydrogen-bond donors (Lipinski definition) is 1. The molecule has 1 aromatic rings. The average Bonchev–Trinajstić information content (AvgIpc) is 2.81. The van der Waals surface area contributed by atoms with Crippen LogP contribution in [0.15, 0.2) is 25.3 Å². The summed E-state index contributed by atoms with van der Waals surface area (Å²) in [5.41, 5.74) is 1.39. The van der Waals surface area contributed by atoms with Gasteiger partial charge in [-0.15, -0.1) is 11.3 Å². The first-order valence-corrected chi connectivity index (χ1v) is 7.52. The van der Waals surface area contributed by atoms with Gasteiger partial charge < -0.3 is 4.98 Å². The third-order valence-electron chi connectivity index (χ3n) is 1.79. The fraction of sp³-hybridized carbons (Fsp3) is 0.333. The van der Waals surface area contributed by atoms with Gasteiger partial charge in [0.05, 0.1) is 10.6 Å². The van der Waals surface area contributed by atoms with Crippen LogP contribution in [0, 0.1) is 3.95 Å². The van der Waals surface area contributed by atoms with Crippen molar-refractivity contribution >= 4 is 41.0 Å². The molecule has 0 amide bonds. The van der Waals surface area contributed by atoms with Crippen LogP contribution in [0.25, 0.3) is 11.6 Å². The summed E-state index contributed by atoms with van der Waals surface area (Å²) in [6.07, 6.45) is 4.93. The lowest BCUT2D eigenvalue weighted by Gasteiger charge is -2.00. The Labute approximate surface area is 125 Å². The van der Waals surface area contributed by atoms with Gasteiger partial charge in [0, 0.05) is 5.57 Å². The molecule has 19 heavy (non-hydrogen) atoms. The number of ketones is 1. The van der Waals surface area contributed by atoms with Crippen LogP contribution in [0.2, 0.25) is 0 Å². The van der Waals surface area contributed by atoms with Crippen LogP contribution in [0.5, 0.6) is 0 Å². The third kappa shape index (κ3) is 6.45. The van der Waals surface area contributed by atoms with Gasteiger partial charge in [0.15, 0.2) is 9.74 Å². The highest BCUT2D eigenvalue weighted by Gasteiger charge is 2.12. The predicted octanol–water partition coefficient (Wildman–Crippen LogP) is 5.66. The summed E-state index contributed by atoms with van der Waals surface area (Å²) < 4.78 is 0.635. The third-order valence-corrected chi connectivity index (χ3v) is 3.07. The van der Waals surface area contributed by atoms with E-state index in [9.17, 15) is 4.79 Å². The summed E-state index contributed by atoms with van der Waals surface area (Å²) in [5, 5.41) is 0. The van der Waals surface area contributed by atoms with Gasteiger partial charge in [-0.3, -0.25) is 4.79 Å². The second kappa shape index (κ2) is 11.8. The molecule has 0 atom stereocenters. The Morgan fingerprint density at radius 3 is 2.16 bits per heavy atom. The maximum absolute atomic E-state index is 11.4. The van der Waals surface area contributed by atoms with Crippen molar-refractivity contribution in [2.24, 2.45) is 0 Å². The summed E-state index contributed by atoms with van der Waals surface area (Å²) in [5.74, 6) is -0.0109. The molecule has 0 unspecified atom stereocenters. The highest BCUT2D eigenvalue weighted by atomic mass is 32.1. The molecule has 1 aromatic heterocycles. The molecule has 2 nitrogen and oxygen atoms in total. The summed E-state index contributed by atoms with van der Waals surface area (Å²) >= 11 is 6.39. The Balaban J connectivity index is 0. The largest absolute Gasteiger partial charge is 0.337 e. The number of nitrogens with one attached hydrogen (secondary N) is 1. The minimum atomic E-state index is -0.0109. The number of thiazole rings is 1. The van der Waals surface area contributed by atoms with E-state index < -0.39 is 0 Å². The summed E-state index contributed by atoms with van der Waals surface area (Å²) in [6.45, 7) is 16.8. The molecule has 0 aromatic carbocycles. The highest BCUT2D eigenvalue weighted by Crippen LogP contribution is 2.26. The molecule has 0 fully saturated rings. The Kier molecular flexibility index (Phi) is 12.5. The molecule has 1 rings (SSSR count). The maximum Gasteiger partial charge on any atom is 0.161 e. The van der Waals surface area contributed by atoms with Crippen molar-refractivity contribution in [2.75, 3.05) is 0 Å². The summed E-state index contributed by atoms with van der Waals surface area (Å²) in [4.78, 5) is 15.2. The lowest BCUT2D eigenvalue weighted by Crippen LogP contribution is -1.95. The number of hydrogen-bond acceptors (Lipinski definition) is 3. The van der Waals surface area contributed by atoms with Crippen LogP contribution in [0.1, 0.15) is 45.2 Å². The number of carbonyl (C=O) groups is 1. The molecular formula is C15H23NOS2. The number of carbonyl (C=O) groups excluding carboxylic acids is 1. The first kappa shape index (κ1) is 20.1. The summed E-state index contributed by atoms with van der Waals surface area (Å²) in [6, 6.07) is 0. The van der Waals surface area contributed by atoms with Crippen LogP contribution in [0.3, 0.4) is 0 Å². The molecule has 1 N–H and O–H groups in total. The van der Waals surface area contributed by atoms with E-state index >= 15 is 0 Å². The zero-order valence-corrected chi connectivity index (χ0v) is 14.0. The van der Waals surface area contributed by atoms with Crippen LogP contribution >= 0.6 is 23.6 Å². The molecule has 4 heteroatoms. The number of rotatable bonds is 4. The Morgan fingerprint density at radius 1 is 1.26 bits per heavy atom. The molecule has 0 saturated heterocycles. The number of H-pyrrole nitrogens is 1. The number of aromatic nitrogens is 1. The van der Waals surface area contributed by atoms with Gasteiger partial charge in [-0.25, -0.2) is 0 Å². The Bertz CT molecular complexity index is 492. The van der Waals surface area contributed by atoms with E-state index in [-0.39, 0.29) is 5.78 Å². The second-order valence-corrected chi connectivity index (χ2v) is 4.52. The van der Waals surface area contributed by atoms with Gasteiger partial charge in [0.1, 0.15) is 0 Å². The molecule has 106 valence electrons. The van der Waals surface area contributed by atoms with E-state index in [0.29, 0.717) is 9.53 Å². The van der Waals surface area contributed by atoms with Gasteiger partial charge >= 0.3 is 0 Å². The normalized spacial score (nSPS) is 9.42. The first-order chi connectivity index (χ1) is 9.10. The molecule has 1 heterocycles. The Hall–Kier alpha value is -1.26. The molecule has 0 bridgehead atoms. The smallest absolute Gasteiger partial charge is 0.161 e. The van der Waals surface area contributed by atoms with Crippen molar-refractivity contribution in [2.45, 2.75) is 34.6 Å². The molecule has 0 spiro atoms. The SMILES string of the molecule is C=C/C=C(/C(C)=O)c1sc(=S)[nH]c1C=C.CC.CC. The van der Waals surface area contributed by atoms with Crippen LogP contribution in [0.4, 0.5) is 0 Å². The zero-order chi connectivity index (χ0) is 15.4. The van der Waals surface area contributed by atoms with E-state index in [1.54, 1.807) is 18.2 Å². The van der Waals surface area contributed by atoms with Gasteiger partial charge in [-0.1, -0.05) is 53.0 Å². The maximum atomic E-state index is 11.4. The quantitative estimate of drug-likeness (QED) is 0.442. The highest BCUT2D eigenvalue weighted by molar-refractivity contribution is 7.73.